The summed E-state index contributed by atoms with van der Waals surface area (Å²) in [5.41, 5.74) is 0. The van der Waals surface area contributed by atoms with Gasteiger partial charge in [-0.1, -0.05) is 51.4 Å². The van der Waals surface area contributed by atoms with Crippen molar-refractivity contribution in [2.24, 2.45) is 0 Å². The van der Waals surface area contributed by atoms with E-state index in [2.05, 4.69) is 0 Å². The van der Waals surface area contributed by atoms with Gasteiger partial charge in [0.15, 0.2) is 0 Å². The Morgan fingerprint density at radius 3 is 0.550 bits per heavy atom. The Hall–Kier alpha value is -0.160. The number of hydrogen-bond donors (Lipinski definition) is 4. The van der Waals surface area contributed by atoms with Gasteiger partial charge in [0.1, 0.15) is 0 Å². The van der Waals surface area contributed by atoms with Crippen LogP contribution in [0.1, 0.15) is 77.0 Å². The van der Waals surface area contributed by atoms with E-state index >= 15 is 0 Å². The molecule has 4 heteroatoms. The summed E-state index contributed by atoms with van der Waals surface area (Å²) in [6, 6.07) is 0. The SMILES string of the molecule is OCCCCCCCCCO.OCCCCCCCO. The lowest BCUT2D eigenvalue weighted by molar-refractivity contribution is 0.272. The van der Waals surface area contributed by atoms with Gasteiger partial charge in [0, 0.05) is 26.4 Å². The van der Waals surface area contributed by atoms with E-state index in [1.54, 1.807) is 0 Å². The van der Waals surface area contributed by atoms with Crippen molar-refractivity contribution in [3.05, 3.63) is 0 Å². The van der Waals surface area contributed by atoms with Gasteiger partial charge in [-0.25, -0.2) is 0 Å². The fourth-order valence-electron chi connectivity index (χ4n) is 1.86. The first-order chi connectivity index (χ1) is 9.83. The van der Waals surface area contributed by atoms with Crippen molar-refractivity contribution >= 4 is 0 Å². The van der Waals surface area contributed by atoms with Crippen LogP contribution in [0.3, 0.4) is 0 Å². The average molecular weight is 292 g/mol. The fraction of sp³-hybridized carbons (Fsp3) is 1.00. The number of aliphatic hydroxyl groups excluding tert-OH is 4. The number of aliphatic hydroxyl groups is 4. The Balaban J connectivity index is 0. The highest BCUT2D eigenvalue weighted by Gasteiger charge is 1.89. The zero-order chi connectivity index (χ0) is 15.3. The molecule has 0 aliphatic rings. The van der Waals surface area contributed by atoms with Crippen LogP contribution in [0, 0.1) is 0 Å². The molecule has 0 amide bonds. The van der Waals surface area contributed by atoms with Gasteiger partial charge >= 0.3 is 0 Å². The number of rotatable bonds is 14. The lowest BCUT2D eigenvalue weighted by atomic mass is 10.1. The van der Waals surface area contributed by atoms with Crippen molar-refractivity contribution in [2.75, 3.05) is 26.4 Å². The second-order valence-corrected chi connectivity index (χ2v) is 5.14. The van der Waals surface area contributed by atoms with Gasteiger partial charge in [0.25, 0.3) is 0 Å². The molecule has 0 aromatic heterocycles. The maximum absolute atomic E-state index is 8.47. The Labute approximate surface area is 124 Å². The van der Waals surface area contributed by atoms with E-state index in [0.717, 1.165) is 57.8 Å². The first kappa shape index (κ1) is 22.1. The predicted octanol–water partition coefficient (Wildman–Crippen LogP) is 2.62. The molecule has 0 aliphatic heterocycles. The van der Waals surface area contributed by atoms with Crippen molar-refractivity contribution in [2.45, 2.75) is 77.0 Å². The van der Waals surface area contributed by atoms with Gasteiger partial charge in [0.2, 0.25) is 0 Å². The van der Waals surface area contributed by atoms with Crippen molar-refractivity contribution in [3.63, 3.8) is 0 Å². The highest BCUT2D eigenvalue weighted by atomic mass is 16.3. The van der Waals surface area contributed by atoms with Gasteiger partial charge < -0.3 is 20.4 Å². The molecule has 4 N–H and O–H groups in total. The van der Waals surface area contributed by atoms with Crippen molar-refractivity contribution in [1.29, 1.82) is 0 Å². The maximum Gasteiger partial charge on any atom is 0.0431 e. The first-order valence-electron chi connectivity index (χ1n) is 8.26. The van der Waals surface area contributed by atoms with Crippen LogP contribution in [-0.2, 0) is 0 Å². The third kappa shape index (κ3) is 26.4. The molecule has 0 heterocycles. The summed E-state index contributed by atoms with van der Waals surface area (Å²) in [5.74, 6) is 0. The molecule has 0 fully saturated rings. The molecule has 0 bridgehead atoms. The maximum atomic E-state index is 8.47. The third-order valence-electron chi connectivity index (χ3n) is 3.13. The predicted molar refractivity (Wildman–Crippen MR) is 83.7 cm³/mol. The minimum atomic E-state index is 0.305. The van der Waals surface area contributed by atoms with Crippen molar-refractivity contribution < 1.29 is 20.4 Å². The van der Waals surface area contributed by atoms with E-state index in [4.69, 9.17) is 20.4 Å². The highest BCUT2D eigenvalue weighted by Crippen LogP contribution is 2.06. The number of unbranched alkanes of at least 4 members (excludes halogenated alkanes) is 10. The summed E-state index contributed by atoms with van der Waals surface area (Å²) in [6.07, 6.45) is 13.0. The smallest absolute Gasteiger partial charge is 0.0431 e. The summed E-state index contributed by atoms with van der Waals surface area (Å²) in [5, 5.41) is 33.7. The zero-order valence-corrected chi connectivity index (χ0v) is 13.1. The van der Waals surface area contributed by atoms with Gasteiger partial charge in [-0.15, -0.1) is 0 Å². The van der Waals surface area contributed by atoms with Gasteiger partial charge in [0.05, 0.1) is 0 Å². The standard InChI is InChI=1S/C9H20O2.C7H16O2/c10-8-6-4-2-1-3-5-7-9-11;8-6-4-2-1-3-5-7-9/h10-11H,1-9H2;8-9H,1-7H2. The minimum absolute atomic E-state index is 0.305. The van der Waals surface area contributed by atoms with E-state index in [0.29, 0.717) is 26.4 Å². The van der Waals surface area contributed by atoms with E-state index in [1.165, 1.54) is 19.3 Å². The molecular formula is C16H36O4. The van der Waals surface area contributed by atoms with Crippen LogP contribution in [-0.4, -0.2) is 46.9 Å². The lowest BCUT2D eigenvalue weighted by Crippen LogP contribution is -1.85. The van der Waals surface area contributed by atoms with Gasteiger partial charge in [-0.3, -0.25) is 0 Å². The van der Waals surface area contributed by atoms with E-state index in [1.807, 2.05) is 0 Å². The Bertz CT molecular complexity index is 128. The molecule has 0 spiro atoms. The monoisotopic (exact) mass is 292 g/mol. The van der Waals surface area contributed by atoms with E-state index in [-0.39, 0.29) is 0 Å². The van der Waals surface area contributed by atoms with Crippen molar-refractivity contribution in [3.8, 4) is 0 Å². The summed E-state index contributed by atoms with van der Waals surface area (Å²) < 4.78 is 0. The molecular weight excluding hydrogens is 256 g/mol. The second kappa shape index (κ2) is 23.9. The normalized spacial score (nSPS) is 10.2. The summed E-state index contributed by atoms with van der Waals surface area (Å²) >= 11 is 0. The van der Waals surface area contributed by atoms with Gasteiger partial charge in [-0.05, 0) is 25.7 Å². The average Bonchev–Trinajstić information content (AvgIpc) is 2.47. The molecule has 0 aliphatic carbocycles. The number of hydrogen-bond acceptors (Lipinski definition) is 4. The van der Waals surface area contributed by atoms with Crippen LogP contribution in [0.5, 0.6) is 0 Å². The van der Waals surface area contributed by atoms with Crippen LogP contribution >= 0.6 is 0 Å². The molecule has 124 valence electrons. The summed E-state index contributed by atoms with van der Waals surface area (Å²) in [7, 11) is 0. The topological polar surface area (TPSA) is 80.9 Å². The molecule has 0 atom stereocenters. The highest BCUT2D eigenvalue weighted by molar-refractivity contribution is 4.44. The molecule has 0 radical (unpaired) electrons. The Kier molecular flexibility index (Phi) is 26.4. The molecule has 0 saturated carbocycles. The quantitative estimate of drug-likeness (QED) is 0.371. The Morgan fingerprint density at radius 1 is 0.250 bits per heavy atom. The molecule has 0 rings (SSSR count). The van der Waals surface area contributed by atoms with Crippen molar-refractivity contribution in [1.82, 2.24) is 0 Å². The zero-order valence-electron chi connectivity index (χ0n) is 13.1. The fourth-order valence-corrected chi connectivity index (χ4v) is 1.86. The second-order valence-electron chi connectivity index (χ2n) is 5.14. The molecule has 0 unspecified atom stereocenters. The molecule has 4 nitrogen and oxygen atoms in total. The first-order valence-corrected chi connectivity index (χ1v) is 8.26. The van der Waals surface area contributed by atoms with Crippen LogP contribution < -0.4 is 0 Å². The van der Waals surface area contributed by atoms with Crippen LogP contribution in [0.25, 0.3) is 0 Å². The van der Waals surface area contributed by atoms with E-state index in [9.17, 15) is 0 Å². The third-order valence-corrected chi connectivity index (χ3v) is 3.13. The van der Waals surface area contributed by atoms with Crippen LogP contribution in [0.4, 0.5) is 0 Å². The van der Waals surface area contributed by atoms with E-state index < -0.39 is 0 Å². The Morgan fingerprint density at radius 2 is 0.400 bits per heavy atom. The minimum Gasteiger partial charge on any atom is -0.396 e. The molecule has 20 heavy (non-hydrogen) atoms. The molecule has 0 aromatic rings. The largest absolute Gasteiger partial charge is 0.396 e. The molecule has 0 aromatic carbocycles. The van der Waals surface area contributed by atoms with Crippen LogP contribution in [0.2, 0.25) is 0 Å². The summed E-state index contributed by atoms with van der Waals surface area (Å²) in [4.78, 5) is 0. The van der Waals surface area contributed by atoms with Crippen LogP contribution in [0.15, 0.2) is 0 Å². The summed E-state index contributed by atoms with van der Waals surface area (Å²) in [6.45, 7) is 1.27. The van der Waals surface area contributed by atoms with Gasteiger partial charge in [-0.2, -0.15) is 0 Å². The lowest BCUT2D eigenvalue weighted by Gasteiger charge is -1.98. The molecule has 0 saturated heterocycles.